The number of allylic oxidation sites excluding steroid dienone is 4. The van der Waals surface area contributed by atoms with Crippen LogP contribution in [0.15, 0.2) is 133 Å². The standard InChI is InChI=1S/C43H31N3/c1-43(2)34-19-9-8-16-30(34)31-23-22-27(24-35(31)43)37-25-36(26-12-4-3-5-13-26)44-42(45-37)46-38-20-10-17-32-28-14-6-7-15-29(28)33-18-11-21-39(46)41(33)40(32)38/h3-8,10-18,20-25H,9,19H2,1-2H3. The molecule has 0 atom stereocenters. The zero-order chi connectivity index (χ0) is 30.6. The van der Waals surface area contributed by atoms with E-state index in [1.165, 1.54) is 49.0 Å². The van der Waals surface area contributed by atoms with Crippen LogP contribution in [0.25, 0.3) is 77.4 Å². The van der Waals surface area contributed by atoms with Gasteiger partial charge >= 0.3 is 0 Å². The van der Waals surface area contributed by atoms with Crippen molar-refractivity contribution in [3.8, 4) is 28.5 Å². The van der Waals surface area contributed by atoms with Crippen LogP contribution < -0.4 is 0 Å². The molecule has 8 aromatic rings. The molecule has 2 heterocycles. The van der Waals surface area contributed by atoms with E-state index in [9.17, 15) is 0 Å². The van der Waals surface area contributed by atoms with E-state index < -0.39 is 0 Å². The third kappa shape index (κ3) is 3.43. The van der Waals surface area contributed by atoms with Gasteiger partial charge in [-0.15, -0.1) is 0 Å². The Morgan fingerprint density at radius 3 is 1.93 bits per heavy atom. The topological polar surface area (TPSA) is 30.7 Å². The Morgan fingerprint density at radius 1 is 0.609 bits per heavy atom. The zero-order valence-corrected chi connectivity index (χ0v) is 25.9. The van der Waals surface area contributed by atoms with Crippen LogP contribution in [0.4, 0.5) is 0 Å². The number of rotatable bonds is 3. The van der Waals surface area contributed by atoms with Crippen molar-refractivity contribution in [3.63, 3.8) is 0 Å². The predicted molar refractivity (Wildman–Crippen MR) is 192 cm³/mol. The minimum absolute atomic E-state index is 0.00650. The van der Waals surface area contributed by atoms with Crippen molar-refractivity contribution in [2.75, 3.05) is 0 Å². The van der Waals surface area contributed by atoms with Gasteiger partial charge in [0, 0.05) is 27.3 Å². The SMILES string of the molecule is CC1(C)C2=C(C=CCC2)c2ccc(-c3cc(-c4ccccc4)nc(-n4c5cccc6c7ccccc7c7cccc4c7c65)n3)cc21. The van der Waals surface area contributed by atoms with Gasteiger partial charge < -0.3 is 0 Å². The van der Waals surface area contributed by atoms with Crippen molar-refractivity contribution in [2.24, 2.45) is 0 Å². The molecular weight excluding hydrogens is 558 g/mol. The van der Waals surface area contributed by atoms with Gasteiger partial charge in [0.25, 0.3) is 0 Å². The van der Waals surface area contributed by atoms with Crippen molar-refractivity contribution < 1.29 is 0 Å². The molecular formula is C43H31N3. The first-order valence-electron chi connectivity index (χ1n) is 16.2. The summed E-state index contributed by atoms with van der Waals surface area (Å²) < 4.78 is 2.28. The molecule has 0 unspecified atom stereocenters. The maximum Gasteiger partial charge on any atom is 0.235 e. The summed E-state index contributed by atoms with van der Waals surface area (Å²) in [6.45, 7) is 4.76. The molecule has 0 bridgehead atoms. The molecule has 3 heteroatoms. The molecule has 46 heavy (non-hydrogen) atoms. The fourth-order valence-electron chi connectivity index (χ4n) is 8.35. The Morgan fingerprint density at radius 2 is 1.24 bits per heavy atom. The second-order valence-electron chi connectivity index (χ2n) is 13.3. The van der Waals surface area contributed by atoms with Gasteiger partial charge in [-0.3, -0.25) is 4.57 Å². The monoisotopic (exact) mass is 589 g/mol. The average Bonchev–Trinajstić information content (AvgIpc) is 3.57. The maximum absolute atomic E-state index is 5.39. The molecule has 6 aromatic carbocycles. The van der Waals surface area contributed by atoms with E-state index in [4.69, 9.17) is 9.97 Å². The summed E-state index contributed by atoms with van der Waals surface area (Å²) in [5.74, 6) is 0.691. The zero-order valence-electron chi connectivity index (χ0n) is 25.9. The molecule has 0 fully saturated rings. The quantitative estimate of drug-likeness (QED) is 0.192. The van der Waals surface area contributed by atoms with E-state index >= 15 is 0 Å². The van der Waals surface area contributed by atoms with Gasteiger partial charge in [-0.1, -0.05) is 123 Å². The second-order valence-corrected chi connectivity index (χ2v) is 13.3. The highest BCUT2D eigenvalue weighted by Crippen LogP contribution is 2.51. The average molecular weight is 590 g/mol. The molecule has 10 rings (SSSR count). The normalized spacial score (nSPS) is 15.4. The van der Waals surface area contributed by atoms with Crippen LogP contribution in [0, 0.1) is 0 Å². The van der Waals surface area contributed by atoms with Crippen molar-refractivity contribution in [1.82, 2.24) is 14.5 Å². The molecule has 2 aromatic heterocycles. The molecule has 0 radical (unpaired) electrons. The highest BCUT2D eigenvalue weighted by molar-refractivity contribution is 6.34. The van der Waals surface area contributed by atoms with Crippen molar-refractivity contribution in [2.45, 2.75) is 32.1 Å². The van der Waals surface area contributed by atoms with Gasteiger partial charge in [0.2, 0.25) is 5.95 Å². The van der Waals surface area contributed by atoms with Crippen LogP contribution in [0.3, 0.4) is 0 Å². The molecule has 0 saturated carbocycles. The molecule has 3 nitrogen and oxygen atoms in total. The second kappa shape index (κ2) is 9.24. The summed E-state index contributed by atoms with van der Waals surface area (Å²) in [5, 5.41) is 7.62. The van der Waals surface area contributed by atoms with Gasteiger partial charge in [-0.25, -0.2) is 9.97 Å². The molecule has 0 amide bonds. The number of fused-ring (bicyclic) bond motifs is 5. The van der Waals surface area contributed by atoms with Crippen LogP contribution >= 0.6 is 0 Å². The van der Waals surface area contributed by atoms with Crippen LogP contribution in [0.2, 0.25) is 0 Å². The first-order chi connectivity index (χ1) is 22.6. The molecule has 0 spiro atoms. The molecule has 218 valence electrons. The Hall–Kier alpha value is -5.54. The largest absolute Gasteiger partial charge is 0.278 e. The lowest BCUT2D eigenvalue weighted by atomic mass is 9.78. The van der Waals surface area contributed by atoms with Crippen molar-refractivity contribution >= 4 is 48.9 Å². The summed E-state index contributed by atoms with van der Waals surface area (Å²) in [6, 6.07) is 41.6. The summed E-state index contributed by atoms with van der Waals surface area (Å²) >= 11 is 0. The fraction of sp³-hybridized carbons (Fsp3) is 0.116. The summed E-state index contributed by atoms with van der Waals surface area (Å²) in [7, 11) is 0. The molecule has 0 N–H and O–H groups in total. The minimum Gasteiger partial charge on any atom is -0.278 e. The first-order valence-corrected chi connectivity index (χ1v) is 16.2. The van der Waals surface area contributed by atoms with Gasteiger partial charge in [0.05, 0.1) is 22.4 Å². The predicted octanol–water partition coefficient (Wildman–Crippen LogP) is 11.0. The lowest BCUT2D eigenvalue weighted by molar-refractivity contribution is 0.607. The number of benzene rings is 6. The number of nitrogens with zero attached hydrogens (tertiary/aromatic N) is 3. The van der Waals surface area contributed by atoms with Gasteiger partial charge in [0.15, 0.2) is 0 Å². The van der Waals surface area contributed by atoms with E-state index in [2.05, 4.69) is 146 Å². The van der Waals surface area contributed by atoms with E-state index in [-0.39, 0.29) is 5.41 Å². The van der Waals surface area contributed by atoms with Crippen molar-refractivity contribution in [1.29, 1.82) is 0 Å². The Kier molecular flexibility index (Phi) is 5.18. The van der Waals surface area contributed by atoms with Gasteiger partial charge in [0.1, 0.15) is 0 Å². The molecule has 2 aliphatic carbocycles. The highest BCUT2D eigenvalue weighted by atomic mass is 15.2. The summed E-state index contributed by atoms with van der Waals surface area (Å²) in [4.78, 5) is 10.7. The van der Waals surface area contributed by atoms with E-state index in [1.807, 2.05) is 0 Å². The molecule has 2 aliphatic rings. The summed E-state index contributed by atoms with van der Waals surface area (Å²) in [5.41, 5.74) is 12.0. The van der Waals surface area contributed by atoms with Crippen LogP contribution in [0.5, 0.6) is 0 Å². The Bertz CT molecular complexity index is 2510. The molecule has 0 saturated heterocycles. The van der Waals surface area contributed by atoms with E-state index in [0.29, 0.717) is 5.95 Å². The number of hydrogen-bond acceptors (Lipinski definition) is 2. The summed E-state index contributed by atoms with van der Waals surface area (Å²) in [6.07, 6.45) is 6.89. The number of aromatic nitrogens is 3. The van der Waals surface area contributed by atoms with Crippen molar-refractivity contribution in [3.05, 3.63) is 144 Å². The maximum atomic E-state index is 5.39. The van der Waals surface area contributed by atoms with Gasteiger partial charge in [-0.05, 0) is 75.4 Å². The Labute approximate surface area is 267 Å². The lowest BCUT2D eigenvalue weighted by Gasteiger charge is -2.26. The minimum atomic E-state index is -0.00650. The van der Waals surface area contributed by atoms with Crippen LogP contribution in [0.1, 0.15) is 37.8 Å². The lowest BCUT2D eigenvalue weighted by Crippen LogP contribution is -2.17. The highest BCUT2D eigenvalue weighted by Gasteiger charge is 2.37. The van der Waals surface area contributed by atoms with Gasteiger partial charge in [-0.2, -0.15) is 0 Å². The van der Waals surface area contributed by atoms with Crippen LogP contribution in [-0.4, -0.2) is 14.5 Å². The van der Waals surface area contributed by atoms with E-state index in [0.717, 1.165) is 46.4 Å². The van der Waals surface area contributed by atoms with Crippen LogP contribution in [-0.2, 0) is 5.41 Å². The smallest absolute Gasteiger partial charge is 0.235 e. The third-order valence-corrected chi connectivity index (χ3v) is 10.5. The third-order valence-electron chi connectivity index (χ3n) is 10.5. The fourth-order valence-corrected chi connectivity index (χ4v) is 8.35. The number of hydrogen-bond donors (Lipinski definition) is 0. The van der Waals surface area contributed by atoms with E-state index in [1.54, 1.807) is 5.57 Å². The first kappa shape index (κ1) is 25.8. The Balaban J connectivity index is 1.26. The molecule has 0 aliphatic heterocycles.